The Kier molecular flexibility index (Phi) is 3.43. The predicted octanol–water partition coefficient (Wildman–Crippen LogP) is 4.54. The van der Waals surface area contributed by atoms with E-state index in [9.17, 15) is 0 Å². The Balaban J connectivity index is 1.99. The van der Waals surface area contributed by atoms with E-state index in [1.54, 1.807) is 11.3 Å². The summed E-state index contributed by atoms with van der Waals surface area (Å²) in [7, 11) is 0. The largest absolute Gasteiger partial charge is 0.492 e. The maximum atomic E-state index is 6.43. The predicted molar refractivity (Wildman–Crippen MR) is 87.7 cm³/mol. The van der Waals surface area contributed by atoms with Crippen molar-refractivity contribution in [2.45, 2.75) is 32.2 Å². The van der Waals surface area contributed by atoms with Crippen LogP contribution in [-0.2, 0) is 5.41 Å². The number of hydrogen-bond donors (Lipinski definition) is 1. The van der Waals surface area contributed by atoms with Gasteiger partial charge in [-0.2, -0.15) is 0 Å². The number of hydrogen-bond acceptors (Lipinski definition) is 3. The van der Waals surface area contributed by atoms with Crippen LogP contribution < -0.4 is 10.5 Å². The summed E-state index contributed by atoms with van der Waals surface area (Å²) in [5, 5.41) is 0. The molecule has 1 unspecified atom stereocenters. The van der Waals surface area contributed by atoms with Crippen LogP contribution in [0.5, 0.6) is 5.75 Å². The Morgan fingerprint density at radius 2 is 2.10 bits per heavy atom. The van der Waals surface area contributed by atoms with E-state index in [1.807, 2.05) is 0 Å². The fourth-order valence-electron chi connectivity index (χ4n) is 2.53. The van der Waals surface area contributed by atoms with E-state index in [2.05, 4.69) is 61.0 Å². The molecular weight excluding hydrogens is 334 g/mol. The van der Waals surface area contributed by atoms with Crippen molar-refractivity contribution in [3.63, 3.8) is 0 Å². The van der Waals surface area contributed by atoms with Crippen LogP contribution in [0.4, 0.5) is 0 Å². The quantitative estimate of drug-likeness (QED) is 0.861. The zero-order valence-corrected chi connectivity index (χ0v) is 14.3. The molecule has 106 valence electrons. The number of aryl methyl sites for hydroxylation is 1. The van der Waals surface area contributed by atoms with Crippen molar-refractivity contribution >= 4 is 27.3 Å². The number of rotatable bonds is 2. The monoisotopic (exact) mass is 351 g/mol. The Hall–Kier alpha value is -0.840. The third-order valence-corrected chi connectivity index (χ3v) is 6.08. The van der Waals surface area contributed by atoms with Crippen LogP contribution in [0.25, 0.3) is 0 Å². The highest BCUT2D eigenvalue weighted by Gasteiger charge is 2.32. The molecule has 2 heterocycles. The molecule has 3 rings (SSSR count). The molecule has 2 N–H and O–H groups in total. The molecule has 0 spiro atoms. The number of fused-ring (bicyclic) bond motifs is 1. The van der Waals surface area contributed by atoms with Crippen LogP contribution in [0, 0.1) is 6.92 Å². The molecule has 0 radical (unpaired) electrons. The molecule has 2 aromatic rings. The lowest BCUT2D eigenvalue weighted by molar-refractivity contribution is 0.291. The van der Waals surface area contributed by atoms with Crippen LogP contribution in [-0.4, -0.2) is 6.61 Å². The normalized spacial score (nSPS) is 17.6. The summed E-state index contributed by atoms with van der Waals surface area (Å²) in [5.74, 6) is 0.995. The van der Waals surface area contributed by atoms with Crippen molar-refractivity contribution in [2.24, 2.45) is 5.73 Å². The summed E-state index contributed by atoms with van der Waals surface area (Å²) in [5.41, 5.74) is 10.1. The number of thiophene rings is 1. The second kappa shape index (κ2) is 4.86. The van der Waals surface area contributed by atoms with Crippen LogP contribution in [0.1, 0.15) is 41.5 Å². The number of halogens is 1. The van der Waals surface area contributed by atoms with Gasteiger partial charge in [-0.05, 0) is 52.2 Å². The second-order valence-electron chi connectivity index (χ2n) is 6.01. The molecule has 1 aliphatic rings. The minimum absolute atomic E-state index is 0.0665. The van der Waals surface area contributed by atoms with E-state index in [0.29, 0.717) is 0 Å². The van der Waals surface area contributed by atoms with Crippen molar-refractivity contribution in [1.82, 2.24) is 0 Å². The van der Waals surface area contributed by atoms with Crippen molar-refractivity contribution in [3.8, 4) is 5.75 Å². The summed E-state index contributed by atoms with van der Waals surface area (Å²) in [6.07, 6.45) is 0. The van der Waals surface area contributed by atoms with Crippen molar-refractivity contribution < 1.29 is 4.74 Å². The van der Waals surface area contributed by atoms with Gasteiger partial charge in [-0.1, -0.05) is 19.9 Å². The van der Waals surface area contributed by atoms with E-state index in [0.717, 1.165) is 21.7 Å². The first-order chi connectivity index (χ1) is 9.38. The topological polar surface area (TPSA) is 35.2 Å². The molecule has 0 aliphatic carbocycles. The highest BCUT2D eigenvalue weighted by atomic mass is 79.9. The summed E-state index contributed by atoms with van der Waals surface area (Å²) in [6.45, 7) is 7.25. The zero-order valence-electron chi connectivity index (χ0n) is 11.9. The van der Waals surface area contributed by atoms with Crippen LogP contribution >= 0.6 is 27.3 Å². The molecule has 20 heavy (non-hydrogen) atoms. The van der Waals surface area contributed by atoms with Gasteiger partial charge in [0.2, 0.25) is 0 Å². The molecule has 1 aromatic carbocycles. The first kappa shape index (κ1) is 14.1. The lowest BCUT2D eigenvalue weighted by Crippen LogP contribution is -2.19. The van der Waals surface area contributed by atoms with Crippen LogP contribution in [0.2, 0.25) is 0 Å². The van der Waals surface area contributed by atoms with E-state index in [-0.39, 0.29) is 11.5 Å². The van der Waals surface area contributed by atoms with Gasteiger partial charge in [0.25, 0.3) is 0 Å². The number of benzene rings is 1. The van der Waals surface area contributed by atoms with Gasteiger partial charge in [0.1, 0.15) is 5.75 Å². The highest BCUT2D eigenvalue weighted by Crippen LogP contribution is 2.41. The van der Waals surface area contributed by atoms with Crippen LogP contribution in [0.15, 0.2) is 28.1 Å². The maximum Gasteiger partial charge on any atom is 0.123 e. The molecule has 0 bridgehead atoms. The van der Waals surface area contributed by atoms with Crippen LogP contribution in [0.3, 0.4) is 0 Å². The van der Waals surface area contributed by atoms with Gasteiger partial charge in [0, 0.05) is 15.9 Å². The smallest absolute Gasteiger partial charge is 0.123 e. The lowest BCUT2D eigenvalue weighted by atomic mass is 9.85. The molecule has 1 aliphatic heterocycles. The van der Waals surface area contributed by atoms with Gasteiger partial charge < -0.3 is 10.5 Å². The third kappa shape index (κ3) is 2.30. The first-order valence-electron chi connectivity index (χ1n) is 6.67. The molecular formula is C16H18BrNOS. The summed E-state index contributed by atoms with van der Waals surface area (Å²) >= 11 is 5.28. The standard InChI is InChI=1S/C16H18BrNOS/c1-9-6-13(20-15(9)17)14(18)10-4-5-12-11(7-10)16(2,3)8-19-12/h4-7,14H,8,18H2,1-3H3. The summed E-state index contributed by atoms with van der Waals surface area (Å²) in [4.78, 5) is 1.19. The van der Waals surface area contributed by atoms with Gasteiger partial charge >= 0.3 is 0 Å². The molecule has 4 heteroatoms. The highest BCUT2D eigenvalue weighted by molar-refractivity contribution is 9.11. The van der Waals surface area contributed by atoms with Gasteiger partial charge in [0.15, 0.2) is 0 Å². The SMILES string of the molecule is Cc1cc(C(N)c2ccc3c(c2)C(C)(C)CO3)sc1Br. The summed E-state index contributed by atoms with van der Waals surface area (Å²) < 4.78 is 6.89. The molecule has 1 aromatic heterocycles. The summed E-state index contributed by atoms with van der Waals surface area (Å²) in [6, 6.07) is 8.42. The Bertz CT molecular complexity index is 643. The van der Waals surface area contributed by atoms with Crippen molar-refractivity contribution in [1.29, 1.82) is 0 Å². The Morgan fingerprint density at radius 3 is 2.75 bits per heavy atom. The molecule has 0 saturated carbocycles. The molecule has 1 atom stereocenters. The second-order valence-corrected chi connectivity index (χ2v) is 8.41. The Morgan fingerprint density at radius 1 is 1.35 bits per heavy atom. The van der Waals surface area contributed by atoms with Gasteiger partial charge in [-0.3, -0.25) is 0 Å². The molecule has 2 nitrogen and oxygen atoms in total. The van der Waals surface area contributed by atoms with Crippen molar-refractivity contribution in [3.05, 3.63) is 49.6 Å². The van der Waals surface area contributed by atoms with E-state index < -0.39 is 0 Å². The average Bonchev–Trinajstić information content (AvgIpc) is 2.90. The van der Waals surface area contributed by atoms with E-state index in [4.69, 9.17) is 10.5 Å². The van der Waals surface area contributed by atoms with E-state index in [1.165, 1.54) is 16.0 Å². The van der Waals surface area contributed by atoms with Crippen molar-refractivity contribution in [2.75, 3.05) is 6.61 Å². The average molecular weight is 352 g/mol. The van der Waals surface area contributed by atoms with Gasteiger partial charge in [-0.25, -0.2) is 0 Å². The zero-order chi connectivity index (χ0) is 14.5. The fourth-order valence-corrected chi connectivity index (χ4v) is 4.13. The number of nitrogens with two attached hydrogens (primary N) is 1. The minimum atomic E-state index is -0.0771. The fraction of sp³-hybridized carbons (Fsp3) is 0.375. The third-order valence-electron chi connectivity index (χ3n) is 3.86. The Labute approximate surface area is 132 Å². The van der Waals surface area contributed by atoms with Gasteiger partial charge in [-0.15, -0.1) is 11.3 Å². The molecule has 0 amide bonds. The van der Waals surface area contributed by atoms with Gasteiger partial charge in [0.05, 0.1) is 16.4 Å². The molecule has 0 saturated heterocycles. The van der Waals surface area contributed by atoms with E-state index >= 15 is 0 Å². The lowest BCUT2D eigenvalue weighted by Gasteiger charge is -2.17. The minimum Gasteiger partial charge on any atom is -0.492 e. The maximum absolute atomic E-state index is 6.43. The number of ether oxygens (including phenoxy) is 1. The first-order valence-corrected chi connectivity index (χ1v) is 8.28. The molecule has 0 fully saturated rings.